The van der Waals surface area contributed by atoms with Crippen molar-refractivity contribution in [3.05, 3.63) is 59.7 Å². The van der Waals surface area contributed by atoms with Gasteiger partial charge in [0.25, 0.3) is 10.1 Å². The Kier molecular flexibility index (Phi) is 8.25. The summed E-state index contributed by atoms with van der Waals surface area (Å²) in [6, 6.07) is 13.4. The monoisotopic (exact) mass is 524 g/mol. The number of rotatable bonds is 9. The summed E-state index contributed by atoms with van der Waals surface area (Å²) in [6.07, 6.45) is 2.04. The third kappa shape index (κ3) is 5.69. The van der Waals surface area contributed by atoms with Gasteiger partial charge in [-0.25, -0.2) is 8.42 Å². The van der Waals surface area contributed by atoms with Gasteiger partial charge in [-0.3, -0.25) is 14.7 Å². The summed E-state index contributed by atoms with van der Waals surface area (Å²) in [4.78, 5) is 13.4. The first-order valence-corrected chi connectivity index (χ1v) is 14.6. The number of fused-ring (bicyclic) bond motifs is 1. The van der Waals surface area contributed by atoms with Gasteiger partial charge in [0.15, 0.2) is 15.1 Å². The van der Waals surface area contributed by atoms with Crippen molar-refractivity contribution >= 4 is 25.9 Å². The molecule has 1 amide bonds. The Bertz CT molecular complexity index is 1260. The van der Waals surface area contributed by atoms with Crippen LogP contribution in [0.15, 0.2) is 53.4 Å². The average Bonchev–Trinajstić information content (AvgIpc) is 2.91. The van der Waals surface area contributed by atoms with E-state index in [1.54, 1.807) is 13.0 Å². The van der Waals surface area contributed by atoms with Crippen LogP contribution in [-0.2, 0) is 24.7 Å². The van der Waals surface area contributed by atoms with Crippen molar-refractivity contribution in [1.29, 1.82) is 0 Å². The predicted octanol–water partition coefficient (Wildman–Crippen LogP) is 2.83. The molecule has 0 saturated heterocycles. The minimum Gasteiger partial charge on any atom is -0.497 e. The average molecular weight is 525 g/mol. The standard InChI is InChI=1S/C24H32N2O7S2/c1-4-6-14-24(5-2)22(23(27)25-16-34(28,29)30)35(31,32)20-13-12-18(33-3)15-19(20)21(26-24)17-10-8-7-9-11-17/h7-13,15,21-22,26H,4-6,14,16H2,1-3H3,(H,25,27)(H,28,29,30)/t21-,22?,24-/m1/s1. The smallest absolute Gasteiger partial charge is 0.283 e. The first kappa shape index (κ1) is 27.1. The topological polar surface area (TPSA) is 139 Å². The minimum atomic E-state index is -4.55. The van der Waals surface area contributed by atoms with Crippen molar-refractivity contribution in [1.82, 2.24) is 10.6 Å². The molecule has 3 atom stereocenters. The van der Waals surface area contributed by atoms with Gasteiger partial charge < -0.3 is 10.1 Å². The van der Waals surface area contributed by atoms with Crippen molar-refractivity contribution in [3.63, 3.8) is 0 Å². The number of unbranched alkanes of at least 4 members (excludes halogenated alkanes) is 1. The van der Waals surface area contributed by atoms with Crippen LogP contribution in [0.2, 0.25) is 0 Å². The van der Waals surface area contributed by atoms with E-state index >= 15 is 0 Å². The third-order valence-electron chi connectivity index (χ3n) is 6.49. The van der Waals surface area contributed by atoms with Crippen LogP contribution < -0.4 is 15.4 Å². The van der Waals surface area contributed by atoms with Crippen molar-refractivity contribution in [3.8, 4) is 5.75 Å². The number of hydrogen-bond donors (Lipinski definition) is 3. The molecular formula is C24H32N2O7S2. The number of ether oxygens (including phenoxy) is 1. The van der Waals surface area contributed by atoms with E-state index in [9.17, 15) is 21.6 Å². The van der Waals surface area contributed by atoms with Crippen LogP contribution in [-0.4, -0.2) is 51.1 Å². The van der Waals surface area contributed by atoms with E-state index in [4.69, 9.17) is 9.29 Å². The second kappa shape index (κ2) is 10.7. The van der Waals surface area contributed by atoms with Gasteiger partial charge >= 0.3 is 0 Å². The zero-order valence-electron chi connectivity index (χ0n) is 20.0. The summed E-state index contributed by atoms with van der Waals surface area (Å²) < 4.78 is 65.5. The van der Waals surface area contributed by atoms with Gasteiger partial charge in [0.05, 0.1) is 18.0 Å². The summed E-state index contributed by atoms with van der Waals surface area (Å²) in [5.41, 5.74) is 0.0331. The van der Waals surface area contributed by atoms with Crippen LogP contribution in [0, 0.1) is 0 Å². The highest BCUT2D eigenvalue weighted by Crippen LogP contribution is 2.43. The number of carbonyl (C=O) groups is 1. The van der Waals surface area contributed by atoms with Crippen molar-refractivity contribution < 1.29 is 30.9 Å². The summed E-state index contributed by atoms with van der Waals surface area (Å²) in [5.74, 6) is -1.60. The summed E-state index contributed by atoms with van der Waals surface area (Å²) in [7, 11) is -7.37. The van der Waals surface area contributed by atoms with Crippen LogP contribution in [0.4, 0.5) is 0 Å². The van der Waals surface area contributed by atoms with Crippen molar-refractivity contribution in [2.24, 2.45) is 0 Å². The maximum atomic E-state index is 14.2. The molecule has 1 aliphatic heterocycles. The fourth-order valence-corrected chi connectivity index (χ4v) is 7.37. The number of sulfone groups is 1. The van der Waals surface area contributed by atoms with E-state index < -0.39 is 48.6 Å². The third-order valence-corrected chi connectivity index (χ3v) is 9.27. The van der Waals surface area contributed by atoms with Crippen LogP contribution >= 0.6 is 0 Å². The molecule has 9 nitrogen and oxygen atoms in total. The van der Waals surface area contributed by atoms with Gasteiger partial charge in [-0.1, -0.05) is 57.0 Å². The number of methoxy groups -OCH3 is 1. The van der Waals surface area contributed by atoms with E-state index in [1.807, 2.05) is 37.3 Å². The van der Waals surface area contributed by atoms with E-state index in [2.05, 4.69) is 10.6 Å². The van der Waals surface area contributed by atoms with E-state index in [-0.39, 0.29) is 11.3 Å². The SMILES string of the molecule is CCCC[C@@]1(CC)N[C@H](c2ccccc2)c2cc(OC)ccc2S(=O)(=O)C1C(=O)NCS(=O)(=O)O. The molecule has 11 heteroatoms. The Labute approximate surface area is 206 Å². The molecule has 3 N–H and O–H groups in total. The zero-order valence-corrected chi connectivity index (χ0v) is 21.7. The molecule has 1 heterocycles. The molecule has 0 radical (unpaired) electrons. The number of hydrogen-bond acceptors (Lipinski definition) is 7. The van der Waals surface area contributed by atoms with Gasteiger partial charge in [0.2, 0.25) is 5.91 Å². The first-order chi connectivity index (χ1) is 16.5. The van der Waals surface area contributed by atoms with Gasteiger partial charge in [-0.05, 0) is 42.2 Å². The number of amides is 1. The molecule has 2 aromatic carbocycles. The highest BCUT2D eigenvalue weighted by atomic mass is 32.2. The Balaban J connectivity index is 2.31. The molecule has 35 heavy (non-hydrogen) atoms. The first-order valence-electron chi connectivity index (χ1n) is 11.5. The summed E-state index contributed by atoms with van der Waals surface area (Å²) >= 11 is 0. The van der Waals surface area contributed by atoms with E-state index in [0.717, 1.165) is 12.0 Å². The Morgan fingerprint density at radius 1 is 1.17 bits per heavy atom. The largest absolute Gasteiger partial charge is 0.497 e. The van der Waals surface area contributed by atoms with E-state index in [0.29, 0.717) is 24.2 Å². The lowest BCUT2D eigenvalue weighted by Crippen LogP contribution is -2.62. The van der Waals surface area contributed by atoms with Crippen molar-refractivity contribution in [2.45, 2.75) is 61.3 Å². The second-order valence-corrected chi connectivity index (χ2v) is 12.2. The molecule has 1 unspecified atom stereocenters. The van der Waals surface area contributed by atoms with Crippen LogP contribution in [0.1, 0.15) is 56.7 Å². The quantitative estimate of drug-likeness (QED) is 0.426. The molecule has 0 bridgehead atoms. The fourth-order valence-electron chi connectivity index (χ4n) is 4.72. The second-order valence-electron chi connectivity index (χ2n) is 8.70. The number of benzene rings is 2. The normalized spacial score (nSPS) is 23.7. The van der Waals surface area contributed by atoms with Gasteiger partial charge in [-0.15, -0.1) is 0 Å². The molecule has 192 valence electrons. The molecule has 0 aliphatic carbocycles. The molecular weight excluding hydrogens is 492 g/mol. The maximum absolute atomic E-state index is 14.2. The molecule has 0 spiro atoms. The van der Waals surface area contributed by atoms with Crippen LogP contribution in [0.25, 0.3) is 0 Å². The lowest BCUT2D eigenvalue weighted by Gasteiger charge is -2.40. The number of nitrogens with one attached hydrogen (secondary N) is 2. The Morgan fingerprint density at radius 2 is 1.86 bits per heavy atom. The maximum Gasteiger partial charge on any atom is 0.283 e. The van der Waals surface area contributed by atoms with Gasteiger partial charge in [0, 0.05) is 5.54 Å². The van der Waals surface area contributed by atoms with Crippen LogP contribution in [0.3, 0.4) is 0 Å². The molecule has 1 aliphatic rings. The molecule has 2 aromatic rings. The predicted molar refractivity (Wildman–Crippen MR) is 132 cm³/mol. The lowest BCUT2D eigenvalue weighted by molar-refractivity contribution is -0.122. The Morgan fingerprint density at radius 3 is 2.43 bits per heavy atom. The highest BCUT2D eigenvalue weighted by molar-refractivity contribution is 7.93. The lowest BCUT2D eigenvalue weighted by atomic mass is 9.83. The van der Waals surface area contributed by atoms with Gasteiger partial charge in [0.1, 0.15) is 11.6 Å². The minimum absolute atomic E-state index is 0.0292. The molecule has 3 rings (SSSR count). The highest BCUT2D eigenvalue weighted by Gasteiger charge is 2.54. The molecule has 0 aromatic heterocycles. The van der Waals surface area contributed by atoms with E-state index in [1.165, 1.54) is 19.2 Å². The van der Waals surface area contributed by atoms with Crippen molar-refractivity contribution in [2.75, 3.05) is 13.0 Å². The van der Waals surface area contributed by atoms with Crippen LogP contribution in [0.5, 0.6) is 5.75 Å². The summed E-state index contributed by atoms with van der Waals surface area (Å²) in [5, 5.41) is 4.01. The van der Waals surface area contributed by atoms with Gasteiger partial charge in [-0.2, -0.15) is 8.42 Å². The number of carbonyl (C=O) groups excluding carboxylic acids is 1. The Hall–Kier alpha value is -2.47. The summed E-state index contributed by atoms with van der Waals surface area (Å²) in [6.45, 7) is 3.77. The zero-order chi connectivity index (χ0) is 25.9. The fraction of sp³-hybridized carbons (Fsp3) is 0.458. The molecule has 0 fully saturated rings. The molecule has 0 saturated carbocycles.